The second-order valence-electron chi connectivity index (χ2n) is 3.77. The van der Waals surface area contributed by atoms with Crippen LogP contribution >= 0.6 is 0 Å². The minimum absolute atomic E-state index is 0.0693. The molecule has 1 aromatic heterocycles. The van der Waals surface area contributed by atoms with Gasteiger partial charge in [0, 0.05) is 6.42 Å². The van der Waals surface area contributed by atoms with E-state index in [-0.39, 0.29) is 24.5 Å². The molecule has 94 valence electrons. The maximum absolute atomic E-state index is 12.8. The van der Waals surface area contributed by atoms with Crippen LogP contribution in [0.4, 0.5) is 10.3 Å². The van der Waals surface area contributed by atoms with E-state index in [1.54, 1.807) is 12.1 Å². The van der Waals surface area contributed by atoms with Crippen LogP contribution in [0.2, 0.25) is 0 Å². The monoisotopic (exact) mass is 250 g/mol. The summed E-state index contributed by atoms with van der Waals surface area (Å²) in [4.78, 5) is 10.5. The van der Waals surface area contributed by atoms with Crippen LogP contribution in [0.15, 0.2) is 28.8 Å². The SMILES string of the molecule is Nc1onc(CCC(=O)O)c1-c1ccc(F)cc1. The number of nitrogens with two attached hydrogens (primary N) is 1. The Morgan fingerprint density at radius 1 is 1.39 bits per heavy atom. The molecule has 0 spiro atoms. The van der Waals surface area contributed by atoms with Crippen LogP contribution in [-0.4, -0.2) is 16.2 Å². The fraction of sp³-hybridized carbons (Fsp3) is 0.167. The summed E-state index contributed by atoms with van der Waals surface area (Å²) in [5.41, 5.74) is 7.28. The molecule has 2 rings (SSSR count). The van der Waals surface area contributed by atoms with E-state index < -0.39 is 5.97 Å². The maximum atomic E-state index is 12.8. The first-order valence-electron chi connectivity index (χ1n) is 5.29. The summed E-state index contributed by atoms with van der Waals surface area (Å²) in [5, 5.41) is 12.4. The first-order valence-corrected chi connectivity index (χ1v) is 5.29. The van der Waals surface area contributed by atoms with E-state index in [2.05, 4.69) is 5.16 Å². The lowest BCUT2D eigenvalue weighted by Gasteiger charge is -2.01. The molecule has 0 amide bonds. The van der Waals surface area contributed by atoms with Crippen LogP contribution in [0, 0.1) is 5.82 Å². The van der Waals surface area contributed by atoms with Gasteiger partial charge in [-0.15, -0.1) is 0 Å². The minimum atomic E-state index is -0.929. The molecule has 0 saturated heterocycles. The van der Waals surface area contributed by atoms with E-state index in [4.69, 9.17) is 15.4 Å². The number of carboxylic acid groups (broad SMARTS) is 1. The Hall–Kier alpha value is -2.37. The lowest BCUT2D eigenvalue weighted by Crippen LogP contribution is -1.99. The number of hydrogen-bond acceptors (Lipinski definition) is 4. The molecule has 3 N–H and O–H groups in total. The molecule has 0 unspecified atom stereocenters. The first kappa shape index (κ1) is 12.1. The average Bonchev–Trinajstić information content (AvgIpc) is 2.69. The average molecular weight is 250 g/mol. The van der Waals surface area contributed by atoms with E-state index in [9.17, 15) is 9.18 Å². The van der Waals surface area contributed by atoms with Crippen molar-refractivity contribution in [3.05, 3.63) is 35.8 Å². The third-order valence-corrected chi connectivity index (χ3v) is 2.50. The smallest absolute Gasteiger partial charge is 0.303 e. The van der Waals surface area contributed by atoms with Gasteiger partial charge in [0.15, 0.2) is 0 Å². The number of nitrogen functional groups attached to an aromatic ring is 1. The third kappa shape index (κ3) is 2.48. The van der Waals surface area contributed by atoms with Gasteiger partial charge in [-0.3, -0.25) is 4.79 Å². The highest BCUT2D eigenvalue weighted by Crippen LogP contribution is 2.30. The Morgan fingerprint density at radius 2 is 2.06 bits per heavy atom. The molecule has 0 aliphatic carbocycles. The van der Waals surface area contributed by atoms with Gasteiger partial charge in [-0.25, -0.2) is 4.39 Å². The van der Waals surface area contributed by atoms with Gasteiger partial charge in [-0.2, -0.15) is 0 Å². The highest BCUT2D eigenvalue weighted by molar-refractivity contribution is 5.75. The van der Waals surface area contributed by atoms with Crippen molar-refractivity contribution < 1.29 is 18.8 Å². The number of carbonyl (C=O) groups is 1. The molecule has 6 heteroatoms. The number of benzene rings is 1. The number of nitrogens with zero attached hydrogens (tertiary/aromatic N) is 1. The molecule has 2 aromatic rings. The Morgan fingerprint density at radius 3 is 2.67 bits per heavy atom. The molecule has 1 aromatic carbocycles. The molecule has 0 aliphatic heterocycles. The zero-order valence-electron chi connectivity index (χ0n) is 9.39. The quantitative estimate of drug-likeness (QED) is 0.867. The summed E-state index contributed by atoms with van der Waals surface area (Å²) >= 11 is 0. The van der Waals surface area contributed by atoms with Gasteiger partial charge in [0.25, 0.3) is 0 Å². The summed E-state index contributed by atoms with van der Waals surface area (Å²) in [6, 6.07) is 5.68. The van der Waals surface area contributed by atoms with Crippen molar-refractivity contribution in [3.63, 3.8) is 0 Å². The summed E-state index contributed by atoms with van der Waals surface area (Å²) < 4.78 is 17.7. The summed E-state index contributed by atoms with van der Waals surface area (Å²) in [7, 11) is 0. The topological polar surface area (TPSA) is 89.4 Å². The minimum Gasteiger partial charge on any atom is -0.481 e. The van der Waals surface area contributed by atoms with Crippen LogP contribution in [0.3, 0.4) is 0 Å². The summed E-state index contributed by atoms with van der Waals surface area (Å²) in [6.45, 7) is 0. The third-order valence-electron chi connectivity index (χ3n) is 2.50. The van der Waals surface area contributed by atoms with Crippen molar-refractivity contribution in [2.75, 3.05) is 5.73 Å². The number of hydrogen-bond donors (Lipinski definition) is 2. The van der Waals surface area contributed by atoms with Gasteiger partial charge in [0.1, 0.15) is 5.82 Å². The maximum Gasteiger partial charge on any atom is 0.303 e. The molecular formula is C12H11FN2O3. The Kier molecular flexibility index (Phi) is 3.27. The van der Waals surface area contributed by atoms with Crippen molar-refractivity contribution in [2.24, 2.45) is 0 Å². The molecule has 18 heavy (non-hydrogen) atoms. The number of aliphatic carboxylic acids is 1. The first-order chi connectivity index (χ1) is 8.58. The van der Waals surface area contributed by atoms with E-state index in [1.807, 2.05) is 0 Å². The number of aryl methyl sites for hydroxylation is 1. The van der Waals surface area contributed by atoms with Crippen LogP contribution in [0.25, 0.3) is 11.1 Å². The van der Waals surface area contributed by atoms with E-state index in [0.717, 1.165) is 0 Å². The van der Waals surface area contributed by atoms with Crippen molar-refractivity contribution in [3.8, 4) is 11.1 Å². The molecule has 0 saturated carbocycles. The lowest BCUT2D eigenvalue weighted by atomic mass is 10.0. The molecular weight excluding hydrogens is 239 g/mol. The van der Waals surface area contributed by atoms with Gasteiger partial charge < -0.3 is 15.4 Å². The molecule has 0 aliphatic rings. The number of rotatable bonds is 4. The van der Waals surface area contributed by atoms with E-state index in [0.29, 0.717) is 16.8 Å². The van der Waals surface area contributed by atoms with Crippen molar-refractivity contribution in [1.29, 1.82) is 0 Å². The summed E-state index contributed by atoms with van der Waals surface area (Å²) in [5.74, 6) is -1.19. The van der Waals surface area contributed by atoms with Gasteiger partial charge in [-0.05, 0) is 17.7 Å². The largest absolute Gasteiger partial charge is 0.481 e. The highest BCUT2D eigenvalue weighted by atomic mass is 19.1. The predicted molar refractivity (Wildman–Crippen MR) is 62.3 cm³/mol. The Balaban J connectivity index is 2.34. The molecule has 0 bridgehead atoms. The van der Waals surface area contributed by atoms with Crippen LogP contribution in [0.1, 0.15) is 12.1 Å². The number of anilines is 1. The molecule has 0 radical (unpaired) electrons. The molecule has 1 heterocycles. The van der Waals surface area contributed by atoms with Crippen LogP contribution < -0.4 is 5.73 Å². The highest BCUT2D eigenvalue weighted by Gasteiger charge is 2.16. The van der Waals surface area contributed by atoms with Crippen LogP contribution in [0.5, 0.6) is 0 Å². The van der Waals surface area contributed by atoms with Gasteiger partial charge in [0.05, 0.1) is 17.7 Å². The zero-order chi connectivity index (χ0) is 13.1. The Bertz CT molecular complexity index is 563. The lowest BCUT2D eigenvalue weighted by molar-refractivity contribution is -0.136. The second-order valence-corrected chi connectivity index (χ2v) is 3.77. The molecule has 0 atom stereocenters. The fourth-order valence-corrected chi connectivity index (χ4v) is 1.66. The fourth-order valence-electron chi connectivity index (χ4n) is 1.66. The van der Waals surface area contributed by atoms with E-state index >= 15 is 0 Å². The second kappa shape index (κ2) is 4.87. The molecule has 5 nitrogen and oxygen atoms in total. The van der Waals surface area contributed by atoms with Gasteiger partial charge >= 0.3 is 5.97 Å². The number of carboxylic acids is 1. The number of aromatic nitrogens is 1. The normalized spacial score (nSPS) is 10.5. The zero-order valence-corrected chi connectivity index (χ0v) is 9.39. The number of halogens is 1. The van der Waals surface area contributed by atoms with Gasteiger partial charge in [0.2, 0.25) is 5.88 Å². The Labute approximate surface area is 102 Å². The molecule has 0 fully saturated rings. The van der Waals surface area contributed by atoms with Crippen molar-refractivity contribution in [1.82, 2.24) is 5.16 Å². The van der Waals surface area contributed by atoms with E-state index in [1.165, 1.54) is 12.1 Å². The standard InChI is InChI=1S/C12H11FN2O3/c13-8-3-1-7(2-4-8)11-9(5-6-10(16)17)15-18-12(11)14/h1-4H,5-6,14H2,(H,16,17). The van der Waals surface area contributed by atoms with Gasteiger partial charge in [-0.1, -0.05) is 17.3 Å². The predicted octanol–water partition coefficient (Wildman–Crippen LogP) is 2.08. The van der Waals surface area contributed by atoms with Crippen LogP contribution in [-0.2, 0) is 11.2 Å². The summed E-state index contributed by atoms with van der Waals surface area (Å²) in [6.07, 6.45) is 0.142. The van der Waals surface area contributed by atoms with Crippen molar-refractivity contribution in [2.45, 2.75) is 12.8 Å². The van der Waals surface area contributed by atoms with Crippen molar-refractivity contribution >= 4 is 11.9 Å².